The van der Waals surface area contributed by atoms with Crippen molar-refractivity contribution in [3.8, 4) is 0 Å². The molecule has 0 atom stereocenters. The van der Waals surface area contributed by atoms with Gasteiger partial charge in [-0.2, -0.15) is 0 Å². The lowest BCUT2D eigenvalue weighted by molar-refractivity contribution is -0.384. The van der Waals surface area contributed by atoms with Crippen molar-refractivity contribution in [3.63, 3.8) is 0 Å². The van der Waals surface area contributed by atoms with E-state index in [0.717, 1.165) is 24.1 Å². The van der Waals surface area contributed by atoms with E-state index in [1.807, 2.05) is 42.2 Å². The largest absolute Gasteiger partial charge is 0.377 e. The normalized spacial score (nSPS) is 16.8. The highest BCUT2D eigenvalue weighted by Gasteiger charge is 2.27. The molecule has 1 aliphatic heterocycles. The first-order chi connectivity index (χ1) is 13.5. The standard InChI is InChI=1S/C21H24N4O3/c1-15-2-4-16(5-3-15)21(26)24-12-10-23(11-13-24)18-8-9-20(25(27)28)19(14-18)22-17-6-7-17/h2-5,8-9,14,17,22H,6-7,10-13H2,1H3. The number of carbonyl (C=O) groups excluding carboxylic acids is 1. The highest BCUT2D eigenvalue weighted by molar-refractivity contribution is 5.94. The van der Waals surface area contributed by atoms with Gasteiger partial charge >= 0.3 is 0 Å². The number of carbonyl (C=O) groups is 1. The monoisotopic (exact) mass is 380 g/mol. The van der Waals surface area contributed by atoms with Crippen molar-refractivity contribution >= 4 is 23.0 Å². The third-order valence-electron chi connectivity index (χ3n) is 5.34. The number of nitro benzene ring substituents is 1. The van der Waals surface area contributed by atoms with E-state index in [1.165, 1.54) is 0 Å². The maximum absolute atomic E-state index is 12.7. The predicted octanol–water partition coefficient (Wildman–Crippen LogP) is 3.44. The number of aryl methyl sites for hydroxylation is 1. The summed E-state index contributed by atoms with van der Waals surface area (Å²) in [7, 11) is 0. The number of amides is 1. The summed E-state index contributed by atoms with van der Waals surface area (Å²) in [5.41, 5.74) is 3.50. The highest BCUT2D eigenvalue weighted by atomic mass is 16.6. The van der Waals surface area contributed by atoms with E-state index in [1.54, 1.807) is 12.1 Å². The zero-order valence-electron chi connectivity index (χ0n) is 15.9. The van der Waals surface area contributed by atoms with Crippen LogP contribution < -0.4 is 10.2 Å². The average Bonchev–Trinajstić information content (AvgIpc) is 3.52. The van der Waals surface area contributed by atoms with E-state index in [4.69, 9.17) is 0 Å². The van der Waals surface area contributed by atoms with Crippen LogP contribution in [0.2, 0.25) is 0 Å². The molecule has 0 aromatic heterocycles. The van der Waals surface area contributed by atoms with Crippen molar-refractivity contribution in [2.24, 2.45) is 0 Å². The van der Waals surface area contributed by atoms with E-state index >= 15 is 0 Å². The smallest absolute Gasteiger partial charge is 0.292 e. The van der Waals surface area contributed by atoms with Gasteiger partial charge in [0.2, 0.25) is 0 Å². The van der Waals surface area contributed by atoms with Crippen LogP contribution in [0.25, 0.3) is 0 Å². The fourth-order valence-electron chi connectivity index (χ4n) is 3.49. The van der Waals surface area contributed by atoms with Gasteiger partial charge in [0, 0.05) is 49.5 Å². The number of hydrogen-bond donors (Lipinski definition) is 1. The van der Waals surface area contributed by atoms with E-state index in [9.17, 15) is 14.9 Å². The van der Waals surface area contributed by atoms with Gasteiger partial charge in [-0.3, -0.25) is 14.9 Å². The quantitative estimate of drug-likeness (QED) is 0.635. The Kier molecular flexibility index (Phi) is 4.90. The highest BCUT2D eigenvalue weighted by Crippen LogP contribution is 2.34. The summed E-state index contributed by atoms with van der Waals surface area (Å²) in [5.74, 6) is 0.0550. The van der Waals surface area contributed by atoms with Gasteiger partial charge in [-0.15, -0.1) is 0 Å². The van der Waals surface area contributed by atoms with Gasteiger partial charge < -0.3 is 15.1 Å². The molecule has 2 aliphatic rings. The number of hydrogen-bond acceptors (Lipinski definition) is 5. The molecular formula is C21H24N4O3. The molecule has 1 heterocycles. The second-order valence-corrected chi connectivity index (χ2v) is 7.52. The Hall–Kier alpha value is -3.09. The molecule has 7 heteroatoms. The Bertz CT molecular complexity index is 885. The first kappa shape index (κ1) is 18.3. The molecule has 1 amide bonds. The molecule has 4 rings (SSSR count). The molecule has 0 spiro atoms. The van der Waals surface area contributed by atoms with E-state index < -0.39 is 0 Å². The first-order valence-corrected chi connectivity index (χ1v) is 9.67. The van der Waals surface area contributed by atoms with Gasteiger partial charge in [0.25, 0.3) is 11.6 Å². The number of benzene rings is 2. The predicted molar refractivity (Wildman–Crippen MR) is 109 cm³/mol. The lowest BCUT2D eigenvalue weighted by atomic mass is 10.1. The van der Waals surface area contributed by atoms with Gasteiger partial charge in [0.05, 0.1) is 4.92 Å². The third-order valence-corrected chi connectivity index (χ3v) is 5.34. The molecule has 28 heavy (non-hydrogen) atoms. The summed E-state index contributed by atoms with van der Waals surface area (Å²) in [4.78, 5) is 27.7. The van der Waals surface area contributed by atoms with E-state index in [0.29, 0.717) is 43.5 Å². The Morgan fingerprint density at radius 2 is 1.75 bits per heavy atom. The molecule has 1 aliphatic carbocycles. The summed E-state index contributed by atoms with van der Waals surface area (Å²) < 4.78 is 0. The summed E-state index contributed by atoms with van der Waals surface area (Å²) in [6.45, 7) is 4.68. The van der Waals surface area contributed by atoms with Crippen molar-refractivity contribution in [2.45, 2.75) is 25.8 Å². The molecule has 1 N–H and O–H groups in total. The van der Waals surface area contributed by atoms with Crippen LogP contribution in [-0.4, -0.2) is 48.0 Å². The number of rotatable bonds is 5. The Morgan fingerprint density at radius 1 is 1.07 bits per heavy atom. The van der Waals surface area contributed by atoms with Crippen LogP contribution >= 0.6 is 0 Å². The van der Waals surface area contributed by atoms with Crippen LogP contribution in [0.3, 0.4) is 0 Å². The van der Waals surface area contributed by atoms with Crippen LogP contribution in [0.15, 0.2) is 42.5 Å². The van der Waals surface area contributed by atoms with Crippen LogP contribution in [0.5, 0.6) is 0 Å². The molecule has 1 saturated heterocycles. The minimum atomic E-state index is -0.341. The molecule has 146 valence electrons. The number of nitrogens with zero attached hydrogens (tertiary/aromatic N) is 3. The molecular weight excluding hydrogens is 356 g/mol. The fourth-order valence-corrected chi connectivity index (χ4v) is 3.49. The molecule has 0 bridgehead atoms. The first-order valence-electron chi connectivity index (χ1n) is 9.67. The van der Waals surface area contributed by atoms with Crippen LogP contribution in [-0.2, 0) is 0 Å². The second-order valence-electron chi connectivity index (χ2n) is 7.52. The van der Waals surface area contributed by atoms with Crippen molar-refractivity contribution < 1.29 is 9.72 Å². The topological polar surface area (TPSA) is 78.7 Å². The van der Waals surface area contributed by atoms with Crippen molar-refractivity contribution in [2.75, 3.05) is 36.4 Å². The minimum Gasteiger partial charge on any atom is -0.377 e. The molecule has 2 aromatic carbocycles. The van der Waals surface area contributed by atoms with E-state index in [2.05, 4.69) is 10.2 Å². The van der Waals surface area contributed by atoms with Gasteiger partial charge in [-0.05, 0) is 44.0 Å². The van der Waals surface area contributed by atoms with Crippen molar-refractivity contribution in [3.05, 3.63) is 63.7 Å². The van der Waals surface area contributed by atoms with Crippen molar-refractivity contribution in [1.29, 1.82) is 0 Å². The molecule has 7 nitrogen and oxygen atoms in total. The van der Waals surface area contributed by atoms with Gasteiger partial charge in [-0.25, -0.2) is 0 Å². The number of anilines is 2. The third kappa shape index (κ3) is 3.93. The van der Waals surface area contributed by atoms with Gasteiger partial charge in [0.1, 0.15) is 5.69 Å². The fraction of sp³-hybridized carbons (Fsp3) is 0.381. The lowest BCUT2D eigenvalue weighted by Gasteiger charge is -2.36. The van der Waals surface area contributed by atoms with Gasteiger partial charge in [0.15, 0.2) is 0 Å². The zero-order valence-corrected chi connectivity index (χ0v) is 15.9. The Labute approximate surface area is 164 Å². The van der Waals surface area contributed by atoms with Crippen LogP contribution in [0.4, 0.5) is 17.1 Å². The van der Waals surface area contributed by atoms with Crippen molar-refractivity contribution in [1.82, 2.24) is 4.90 Å². The SMILES string of the molecule is Cc1ccc(C(=O)N2CCN(c3ccc([N+](=O)[O-])c(NC4CC4)c3)CC2)cc1. The molecule has 0 unspecified atom stereocenters. The second kappa shape index (κ2) is 7.50. The zero-order chi connectivity index (χ0) is 19.7. The van der Waals surface area contributed by atoms with Crippen LogP contribution in [0.1, 0.15) is 28.8 Å². The van der Waals surface area contributed by atoms with Crippen LogP contribution in [0, 0.1) is 17.0 Å². The molecule has 0 radical (unpaired) electrons. The Balaban J connectivity index is 1.43. The molecule has 2 aromatic rings. The minimum absolute atomic E-state index is 0.0550. The van der Waals surface area contributed by atoms with E-state index in [-0.39, 0.29) is 16.5 Å². The number of piperazine rings is 1. The lowest BCUT2D eigenvalue weighted by Crippen LogP contribution is -2.48. The Morgan fingerprint density at radius 3 is 2.36 bits per heavy atom. The summed E-state index contributed by atoms with van der Waals surface area (Å²) in [6.07, 6.45) is 2.11. The molecule has 1 saturated carbocycles. The maximum atomic E-state index is 12.7. The average molecular weight is 380 g/mol. The van der Waals surface area contributed by atoms with Gasteiger partial charge in [-0.1, -0.05) is 17.7 Å². The summed E-state index contributed by atoms with van der Waals surface area (Å²) >= 11 is 0. The summed E-state index contributed by atoms with van der Waals surface area (Å²) in [5, 5.41) is 14.6. The number of nitro groups is 1. The number of nitrogens with one attached hydrogen (secondary N) is 1. The summed E-state index contributed by atoms with van der Waals surface area (Å²) in [6, 6.07) is 13.2. The maximum Gasteiger partial charge on any atom is 0.292 e. The molecule has 2 fully saturated rings.